The molecule has 6 nitrogen and oxygen atoms in total. The smallest absolute Gasteiger partial charge is 0.315 e. The molecule has 1 heterocycles. The zero-order valence-corrected chi connectivity index (χ0v) is 13.2. The number of halogens is 1. The summed E-state index contributed by atoms with van der Waals surface area (Å²) in [5.74, 6) is 1.34. The van der Waals surface area contributed by atoms with E-state index in [1.807, 2.05) is 39.0 Å². The van der Waals surface area contributed by atoms with Crippen LogP contribution in [0, 0.1) is 13.8 Å². The Balaban J connectivity index is 0.00000220. The summed E-state index contributed by atoms with van der Waals surface area (Å²) in [5, 5.41) is 10.7. The number of hydrogen-bond donors (Lipinski definition) is 2. The van der Waals surface area contributed by atoms with Crippen LogP contribution >= 0.6 is 12.4 Å². The molecule has 116 valence electrons. The Hall–Kier alpha value is -1.79. The molecule has 0 radical (unpaired) electrons. The Morgan fingerprint density at radius 2 is 1.95 bits per heavy atom. The Morgan fingerprint density at radius 3 is 2.52 bits per heavy atom. The van der Waals surface area contributed by atoms with Crippen LogP contribution < -0.4 is 15.8 Å². The first-order valence-corrected chi connectivity index (χ1v) is 6.58. The molecule has 1 aromatic heterocycles. The van der Waals surface area contributed by atoms with Crippen molar-refractivity contribution in [1.82, 2.24) is 10.2 Å². The van der Waals surface area contributed by atoms with Gasteiger partial charge in [-0.05, 0) is 31.9 Å². The van der Waals surface area contributed by atoms with E-state index in [-0.39, 0.29) is 25.0 Å². The molecule has 0 aliphatic heterocycles. The number of nitrogens with two attached hydrogens (primary N) is 1. The number of benzene rings is 1. The van der Waals surface area contributed by atoms with Crippen molar-refractivity contribution in [2.45, 2.75) is 33.4 Å². The molecule has 3 N–H and O–H groups in total. The van der Waals surface area contributed by atoms with E-state index >= 15 is 0 Å². The summed E-state index contributed by atoms with van der Waals surface area (Å²) >= 11 is 0. The third kappa shape index (κ3) is 4.61. The molecular weight excluding hydrogens is 292 g/mol. The van der Waals surface area contributed by atoms with Crippen molar-refractivity contribution in [1.29, 1.82) is 0 Å². The van der Waals surface area contributed by atoms with Crippen LogP contribution in [0.1, 0.15) is 23.9 Å². The number of nitrogens with zero attached hydrogens (tertiary/aromatic N) is 2. The molecule has 0 saturated heterocycles. The normalized spacial score (nSPS) is 11.6. The van der Waals surface area contributed by atoms with E-state index in [9.17, 15) is 0 Å². The average molecular weight is 313 g/mol. The highest BCUT2D eigenvalue weighted by Gasteiger charge is 2.10. The second-order valence-electron chi connectivity index (χ2n) is 4.78. The third-order valence-corrected chi connectivity index (χ3v) is 2.90. The fourth-order valence-corrected chi connectivity index (χ4v) is 1.88. The monoisotopic (exact) mass is 312 g/mol. The highest BCUT2D eigenvalue weighted by molar-refractivity contribution is 5.85. The van der Waals surface area contributed by atoms with Crippen LogP contribution in [-0.4, -0.2) is 22.8 Å². The largest absolute Gasteiger partial charge is 0.491 e. The SMILES string of the molecule is Cc1cccc(C)c1OCC(C)Nc1nnc(CN)o1.Cl. The first-order valence-electron chi connectivity index (χ1n) is 6.58. The van der Waals surface area contributed by atoms with Gasteiger partial charge in [-0.3, -0.25) is 0 Å². The van der Waals surface area contributed by atoms with E-state index in [4.69, 9.17) is 14.9 Å². The number of anilines is 1. The van der Waals surface area contributed by atoms with Gasteiger partial charge in [0, 0.05) is 0 Å². The van der Waals surface area contributed by atoms with Crippen molar-refractivity contribution in [2.75, 3.05) is 11.9 Å². The Labute approximate surface area is 130 Å². The van der Waals surface area contributed by atoms with Gasteiger partial charge < -0.3 is 20.2 Å². The summed E-state index contributed by atoms with van der Waals surface area (Å²) in [6, 6.07) is 6.49. The molecule has 7 heteroatoms. The molecule has 1 atom stereocenters. The van der Waals surface area contributed by atoms with Crippen LogP contribution in [0.5, 0.6) is 5.75 Å². The maximum Gasteiger partial charge on any atom is 0.315 e. The first kappa shape index (κ1) is 17.3. The van der Waals surface area contributed by atoms with Gasteiger partial charge >= 0.3 is 6.01 Å². The van der Waals surface area contributed by atoms with Crippen molar-refractivity contribution in [3.05, 3.63) is 35.2 Å². The molecule has 2 aromatic rings. The predicted octanol–water partition coefficient (Wildman–Crippen LogP) is 2.45. The summed E-state index contributed by atoms with van der Waals surface area (Å²) < 4.78 is 11.1. The van der Waals surface area contributed by atoms with Crippen LogP contribution in [0.25, 0.3) is 0 Å². The number of hydrogen-bond acceptors (Lipinski definition) is 6. The lowest BCUT2D eigenvalue weighted by molar-refractivity contribution is 0.297. The zero-order valence-electron chi connectivity index (χ0n) is 12.4. The molecule has 0 fully saturated rings. The number of aryl methyl sites for hydroxylation is 2. The van der Waals surface area contributed by atoms with Gasteiger partial charge in [-0.2, -0.15) is 0 Å². The Morgan fingerprint density at radius 1 is 1.29 bits per heavy atom. The summed E-state index contributed by atoms with van der Waals surface area (Å²) in [6.45, 7) is 6.80. The van der Waals surface area contributed by atoms with Gasteiger partial charge in [-0.25, -0.2) is 0 Å². The molecule has 0 amide bonds. The van der Waals surface area contributed by atoms with Gasteiger partial charge in [-0.15, -0.1) is 17.5 Å². The highest BCUT2D eigenvalue weighted by Crippen LogP contribution is 2.22. The Bertz CT molecular complexity index is 554. The van der Waals surface area contributed by atoms with Gasteiger partial charge in [0.2, 0.25) is 5.89 Å². The number of nitrogens with one attached hydrogen (secondary N) is 1. The van der Waals surface area contributed by atoms with E-state index in [1.54, 1.807) is 0 Å². The van der Waals surface area contributed by atoms with Crippen molar-refractivity contribution in [3.63, 3.8) is 0 Å². The van der Waals surface area contributed by atoms with Crippen molar-refractivity contribution in [3.8, 4) is 5.75 Å². The number of para-hydroxylation sites is 1. The molecular formula is C14H21ClN4O2. The van der Waals surface area contributed by atoms with Gasteiger partial charge in [0.25, 0.3) is 0 Å². The summed E-state index contributed by atoms with van der Waals surface area (Å²) in [4.78, 5) is 0. The maximum absolute atomic E-state index is 5.86. The summed E-state index contributed by atoms with van der Waals surface area (Å²) in [7, 11) is 0. The summed E-state index contributed by atoms with van der Waals surface area (Å²) in [6.07, 6.45) is 0. The van der Waals surface area contributed by atoms with Crippen LogP contribution in [-0.2, 0) is 6.54 Å². The fraction of sp³-hybridized carbons (Fsp3) is 0.429. The average Bonchev–Trinajstić information content (AvgIpc) is 2.86. The highest BCUT2D eigenvalue weighted by atomic mass is 35.5. The lowest BCUT2D eigenvalue weighted by atomic mass is 10.1. The minimum absolute atomic E-state index is 0. The van der Waals surface area contributed by atoms with E-state index in [1.165, 1.54) is 0 Å². The van der Waals surface area contributed by atoms with Crippen LogP contribution in [0.3, 0.4) is 0 Å². The molecule has 0 bridgehead atoms. The second kappa shape index (κ2) is 7.85. The molecule has 0 aliphatic rings. The standard InChI is InChI=1S/C14H20N4O2.ClH/c1-9-5-4-6-10(2)13(9)19-8-11(3)16-14-18-17-12(7-15)20-14;/h4-6,11H,7-8,15H2,1-3H3,(H,16,18);1H. The molecule has 0 aliphatic carbocycles. The van der Waals surface area contributed by atoms with E-state index < -0.39 is 0 Å². The minimum atomic E-state index is 0. The van der Waals surface area contributed by atoms with Crippen molar-refractivity contribution >= 4 is 18.4 Å². The first-order chi connectivity index (χ1) is 9.60. The molecule has 2 rings (SSSR count). The van der Waals surface area contributed by atoms with Gasteiger partial charge in [-0.1, -0.05) is 23.3 Å². The molecule has 1 unspecified atom stereocenters. The minimum Gasteiger partial charge on any atom is -0.491 e. The number of rotatable bonds is 6. The third-order valence-electron chi connectivity index (χ3n) is 2.90. The maximum atomic E-state index is 5.86. The zero-order chi connectivity index (χ0) is 14.5. The van der Waals surface area contributed by atoms with E-state index in [2.05, 4.69) is 15.5 Å². The fourth-order valence-electron chi connectivity index (χ4n) is 1.88. The van der Waals surface area contributed by atoms with E-state index in [0.717, 1.165) is 16.9 Å². The molecule has 21 heavy (non-hydrogen) atoms. The lowest BCUT2D eigenvalue weighted by Gasteiger charge is -2.16. The predicted molar refractivity (Wildman–Crippen MR) is 83.9 cm³/mol. The van der Waals surface area contributed by atoms with Crippen LogP contribution in [0.15, 0.2) is 22.6 Å². The van der Waals surface area contributed by atoms with Crippen molar-refractivity contribution < 1.29 is 9.15 Å². The van der Waals surface area contributed by atoms with Crippen LogP contribution in [0.4, 0.5) is 6.01 Å². The topological polar surface area (TPSA) is 86.2 Å². The molecule has 0 saturated carbocycles. The van der Waals surface area contributed by atoms with Gasteiger partial charge in [0.1, 0.15) is 12.4 Å². The quantitative estimate of drug-likeness (QED) is 0.852. The van der Waals surface area contributed by atoms with Crippen molar-refractivity contribution in [2.24, 2.45) is 5.73 Å². The Kier molecular flexibility index (Phi) is 6.45. The number of ether oxygens (including phenoxy) is 1. The van der Waals surface area contributed by atoms with Gasteiger partial charge in [0.15, 0.2) is 0 Å². The van der Waals surface area contributed by atoms with Crippen LogP contribution in [0.2, 0.25) is 0 Å². The number of aromatic nitrogens is 2. The van der Waals surface area contributed by atoms with Gasteiger partial charge in [0.05, 0.1) is 12.6 Å². The lowest BCUT2D eigenvalue weighted by Crippen LogP contribution is -2.24. The molecule has 0 spiro atoms. The van der Waals surface area contributed by atoms with E-state index in [0.29, 0.717) is 18.5 Å². The molecule has 1 aromatic carbocycles. The summed E-state index contributed by atoms with van der Waals surface area (Å²) in [5.41, 5.74) is 7.66. The second-order valence-corrected chi connectivity index (χ2v) is 4.78.